The van der Waals surface area contributed by atoms with Gasteiger partial charge in [-0.3, -0.25) is 4.98 Å². The van der Waals surface area contributed by atoms with Gasteiger partial charge in [0.25, 0.3) is 0 Å². The zero-order valence-electron chi connectivity index (χ0n) is 7.98. The van der Waals surface area contributed by atoms with Crippen molar-refractivity contribution < 1.29 is 0 Å². The van der Waals surface area contributed by atoms with Crippen LogP contribution in [0.1, 0.15) is 31.2 Å². The number of nitrogens with zero attached hydrogens (tertiary/aromatic N) is 1. The van der Waals surface area contributed by atoms with Gasteiger partial charge in [-0.05, 0) is 36.0 Å². The van der Waals surface area contributed by atoms with Crippen molar-refractivity contribution in [1.29, 1.82) is 0 Å². The quantitative estimate of drug-likeness (QED) is 0.747. The Morgan fingerprint density at radius 2 is 2.15 bits per heavy atom. The highest BCUT2D eigenvalue weighted by Gasteiger charge is 2.37. The molecule has 2 rings (SSSR count). The van der Waals surface area contributed by atoms with Gasteiger partial charge in [0.05, 0.1) is 0 Å². The molecule has 1 aromatic heterocycles. The zero-order chi connectivity index (χ0) is 9.26. The van der Waals surface area contributed by atoms with E-state index < -0.39 is 0 Å². The summed E-state index contributed by atoms with van der Waals surface area (Å²) in [6.45, 7) is 2.22. The Labute approximate surface area is 79.2 Å². The van der Waals surface area contributed by atoms with Crippen molar-refractivity contribution in [1.82, 2.24) is 4.98 Å². The molecule has 1 fully saturated rings. The molecule has 0 bridgehead atoms. The topological polar surface area (TPSA) is 38.9 Å². The van der Waals surface area contributed by atoms with Gasteiger partial charge in [0, 0.05) is 18.4 Å². The molecule has 1 aromatic rings. The maximum Gasteiger partial charge on any atom is 0.0270 e. The van der Waals surface area contributed by atoms with E-state index in [1.54, 1.807) is 0 Å². The molecule has 0 amide bonds. The van der Waals surface area contributed by atoms with Crippen molar-refractivity contribution in [3.8, 4) is 0 Å². The molecule has 1 aliphatic rings. The minimum absolute atomic E-state index is 0.420. The molecule has 0 saturated heterocycles. The molecule has 0 aliphatic heterocycles. The van der Waals surface area contributed by atoms with Crippen molar-refractivity contribution in [2.75, 3.05) is 0 Å². The van der Waals surface area contributed by atoms with E-state index in [0.29, 0.717) is 17.9 Å². The zero-order valence-corrected chi connectivity index (χ0v) is 7.98. The summed E-state index contributed by atoms with van der Waals surface area (Å²) in [6.07, 6.45) is 6.06. The van der Waals surface area contributed by atoms with Gasteiger partial charge >= 0.3 is 0 Å². The summed E-state index contributed by atoms with van der Waals surface area (Å²) in [5, 5.41) is 0. The van der Waals surface area contributed by atoms with Crippen molar-refractivity contribution in [2.45, 2.75) is 31.7 Å². The highest BCUT2D eigenvalue weighted by atomic mass is 14.7. The summed E-state index contributed by atoms with van der Waals surface area (Å²) < 4.78 is 0. The van der Waals surface area contributed by atoms with Gasteiger partial charge in [0.1, 0.15) is 0 Å². The minimum atomic E-state index is 0.420. The van der Waals surface area contributed by atoms with E-state index >= 15 is 0 Å². The Kier molecular flexibility index (Phi) is 2.32. The van der Waals surface area contributed by atoms with Crippen LogP contribution >= 0.6 is 0 Å². The van der Waals surface area contributed by atoms with Gasteiger partial charge in [-0.25, -0.2) is 0 Å². The molecule has 0 spiro atoms. The maximum atomic E-state index is 5.95. The van der Waals surface area contributed by atoms with Gasteiger partial charge in [0.2, 0.25) is 0 Å². The predicted octanol–water partition coefficient (Wildman–Crippen LogP) is 1.92. The largest absolute Gasteiger partial charge is 0.327 e. The molecule has 3 atom stereocenters. The lowest BCUT2D eigenvalue weighted by molar-refractivity contribution is 0.198. The second-order valence-corrected chi connectivity index (χ2v) is 3.86. The van der Waals surface area contributed by atoms with Gasteiger partial charge < -0.3 is 5.73 Å². The van der Waals surface area contributed by atoms with Gasteiger partial charge in [0.15, 0.2) is 0 Å². The fourth-order valence-corrected chi connectivity index (χ4v) is 2.33. The molecule has 70 valence electrons. The van der Waals surface area contributed by atoms with Crippen LogP contribution in [-0.2, 0) is 0 Å². The molecule has 1 aliphatic carbocycles. The van der Waals surface area contributed by atoms with Crippen LogP contribution in [-0.4, -0.2) is 11.0 Å². The Bertz CT molecular complexity index is 271. The summed E-state index contributed by atoms with van der Waals surface area (Å²) in [5.74, 6) is 1.37. The fraction of sp³-hybridized carbons (Fsp3) is 0.545. The second kappa shape index (κ2) is 3.46. The summed E-state index contributed by atoms with van der Waals surface area (Å²) >= 11 is 0. The molecular weight excluding hydrogens is 160 g/mol. The van der Waals surface area contributed by atoms with E-state index in [-0.39, 0.29) is 0 Å². The van der Waals surface area contributed by atoms with E-state index in [1.807, 2.05) is 12.4 Å². The van der Waals surface area contributed by atoms with Crippen molar-refractivity contribution in [3.63, 3.8) is 0 Å². The third-order valence-electron chi connectivity index (χ3n) is 3.20. The molecule has 2 nitrogen and oxygen atoms in total. The second-order valence-electron chi connectivity index (χ2n) is 3.86. The SMILES string of the molecule is CCC1C(N)CC1c1ccncc1. The van der Waals surface area contributed by atoms with Crippen molar-refractivity contribution in [2.24, 2.45) is 11.7 Å². The van der Waals surface area contributed by atoms with Crippen molar-refractivity contribution >= 4 is 0 Å². The molecule has 2 heteroatoms. The first-order valence-electron chi connectivity index (χ1n) is 4.98. The van der Waals surface area contributed by atoms with Gasteiger partial charge in [-0.2, -0.15) is 0 Å². The normalized spacial score (nSPS) is 32.6. The first-order chi connectivity index (χ1) is 6.33. The Morgan fingerprint density at radius 1 is 1.46 bits per heavy atom. The smallest absolute Gasteiger partial charge is 0.0270 e. The van der Waals surface area contributed by atoms with Crippen LogP contribution in [0.25, 0.3) is 0 Å². The standard InChI is InChI=1S/C11H16N2/c1-2-9-10(7-11(9)12)8-3-5-13-6-4-8/h3-6,9-11H,2,7,12H2,1H3. The van der Waals surface area contributed by atoms with Crippen LogP contribution in [0, 0.1) is 5.92 Å². The first-order valence-corrected chi connectivity index (χ1v) is 4.98. The average Bonchev–Trinajstić information content (AvgIpc) is 2.16. The maximum absolute atomic E-state index is 5.95. The predicted molar refractivity (Wildman–Crippen MR) is 53.4 cm³/mol. The summed E-state index contributed by atoms with van der Waals surface area (Å²) in [6, 6.07) is 4.64. The van der Waals surface area contributed by atoms with Crippen LogP contribution < -0.4 is 5.73 Å². The lowest BCUT2D eigenvalue weighted by Crippen LogP contribution is -2.45. The lowest BCUT2D eigenvalue weighted by atomic mass is 9.65. The number of hydrogen-bond donors (Lipinski definition) is 1. The number of nitrogens with two attached hydrogens (primary N) is 1. The molecule has 0 aromatic carbocycles. The number of hydrogen-bond acceptors (Lipinski definition) is 2. The van der Waals surface area contributed by atoms with Crippen LogP contribution in [0.3, 0.4) is 0 Å². The third-order valence-corrected chi connectivity index (χ3v) is 3.20. The molecule has 2 N–H and O–H groups in total. The molecule has 3 unspecified atom stereocenters. The summed E-state index contributed by atoms with van der Waals surface area (Å²) in [4.78, 5) is 4.02. The van der Waals surface area contributed by atoms with Crippen LogP contribution in [0.2, 0.25) is 0 Å². The molecule has 1 saturated carbocycles. The Morgan fingerprint density at radius 3 is 2.69 bits per heavy atom. The minimum Gasteiger partial charge on any atom is -0.327 e. The van der Waals surface area contributed by atoms with Crippen LogP contribution in [0.5, 0.6) is 0 Å². The van der Waals surface area contributed by atoms with E-state index in [0.717, 1.165) is 6.42 Å². The number of rotatable bonds is 2. The third kappa shape index (κ3) is 1.46. The highest BCUT2D eigenvalue weighted by Crippen LogP contribution is 2.43. The first kappa shape index (κ1) is 8.70. The van der Waals surface area contributed by atoms with E-state index in [2.05, 4.69) is 24.0 Å². The van der Waals surface area contributed by atoms with E-state index in [9.17, 15) is 0 Å². The molecular formula is C11H16N2. The Balaban J connectivity index is 2.12. The van der Waals surface area contributed by atoms with Crippen LogP contribution in [0.15, 0.2) is 24.5 Å². The number of pyridine rings is 1. The molecule has 13 heavy (non-hydrogen) atoms. The average molecular weight is 176 g/mol. The number of aromatic nitrogens is 1. The van der Waals surface area contributed by atoms with Gasteiger partial charge in [-0.1, -0.05) is 13.3 Å². The van der Waals surface area contributed by atoms with Crippen LogP contribution in [0.4, 0.5) is 0 Å². The molecule has 1 heterocycles. The van der Waals surface area contributed by atoms with Gasteiger partial charge in [-0.15, -0.1) is 0 Å². The highest BCUT2D eigenvalue weighted by molar-refractivity contribution is 5.21. The molecule has 0 radical (unpaired) electrons. The van der Waals surface area contributed by atoms with E-state index in [1.165, 1.54) is 12.0 Å². The van der Waals surface area contributed by atoms with E-state index in [4.69, 9.17) is 5.73 Å². The summed E-state index contributed by atoms with van der Waals surface area (Å²) in [5.41, 5.74) is 7.35. The lowest BCUT2D eigenvalue weighted by Gasteiger charge is -2.42. The summed E-state index contributed by atoms with van der Waals surface area (Å²) in [7, 11) is 0. The Hall–Kier alpha value is -0.890. The van der Waals surface area contributed by atoms with Crippen molar-refractivity contribution in [3.05, 3.63) is 30.1 Å². The fourth-order valence-electron chi connectivity index (χ4n) is 2.33. The monoisotopic (exact) mass is 176 g/mol.